The van der Waals surface area contributed by atoms with Crippen molar-refractivity contribution in [3.8, 4) is 5.75 Å². The summed E-state index contributed by atoms with van der Waals surface area (Å²) in [7, 11) is 1.84. The number of amides is 1. The highest BCUT2D eigenvalue weighted by atomic mass is 35.5. The molecule has 0 spiro atoms. The van der Waals surface area contributed by atoms with Crippen LogP contribution in [0.25, 0.3) is 0 Å². The number of likely N-dealkylation sites (tertiary alicyclic amines) is 1. The number of nitrogens with zero attached hydrogens (tertiary/aromatic N) is 2. The van der Waals surface area contributed by atoms with E-state index in [0.717, 1.165) is 12.5 Å². The number of benzene rings is 1. The molecule has 2 aliphatic rings. The molecular formula is C24H37ClN2O2. The summed E-state index contributed by atoms with van der Waals surface area (Å²) in [5.74, 6) is 2.03. The number of ether oxygens (including phenoxy) is 1. The van der Waals surface area contributed by atoms with E-state index in [-0.39, 0.29) is 6.09 Å². The molecule has 162 valence electrons. The second-order valence-corrected chi connectivity index (χ2v) is 9.42. The Kier molecular flexibility index (Phi) is 9.13. The first-order chi connectivity index (χ1) is 14.1. The van der Waals surface area contributed by atoms with Crippen molar-refractivity contribution < 1.29 is 9.53 Å². The minimum absolute atomic E-state index is 0.285. The SMILES string of the molecule is CN(CC1CCC(CCCCN2CCCCC2)CC1)C(=O)Oc1ccc(Cl)cc1. The average Bonchev–Trinajstić information content (AvgIpc) is 2.74. The van der Waals surface area contributed by atoms with E-state index < -0.39 is 0 Å². The van der Waals surface area contributed by atoms with Crippen LogP contribution < -0.4 is 4.74 Å². The lowest BCUT2D eigenvalue weighted by atomic mass is 9.79. The van der Waals surface area contributed by atoms with Gasteiger partial charge in [0.15, 0.2) is 0 Å². The predicted octanol–water partition coefficient (Wildman–Crippen LogP) is 6.23. The molecule has 0 radical (unpaired) electrons. The zero-order valence-electron chi connectivity index (χ0n) is 18.0. The summed E-state index contributed by atoms with van der Waals surface area (Å²) in [6, 6.07) is 6.92. The molecule has 5 heteroatoms. The van der Waals surface area contributed by atoms with Crippen LogP contribution in [0.15, 0.2) is 24.3 Å². The van der Waals surface area contributed by atoms with Crippen molar-refractivity contribution in [1.29, 1.82) is 0 Å². The molecule has 0 atom stereocenters. The van der Waals surface area contributed by atoms with Gasteiger partial charge >= 0.3 is 6.09 Å². The Morgan fingerprint density at radius 3 is 2.38 bits per heavy atom. The summed E-state index contributed by atoms with van der Waals surface area (Å²) in [4.78, 5) is 16.7. The summed E-state index contributed by atoms with van der Waals surface area (Å²) in [6.07, 6.45) is 13.1. The third-order valence-electron chi connectivity index (χ3n) is 6.61. The molecule has 4 nitrogen and oxygen atoms in total. The van der Waals surface area contributed by atoms with Gasteiger partial charge in [0, 0.05) is 18.6 Å². The lowest BCUT2D eigenvalue weighted by Gasteiger charge is -2.31. The van der Waals surface area contributed by atoms with Crippen LogP contribution in [0.3, 0.4) is 0 Å². The summed E-state index contributed by atoms with van der Waals surface area (Å²) < 4.78 is 5.43. The van der Waals surface area contributed by atoms with Gasteiger partial charge in [-0.05, 0) is 87.8 Å². The quantitative estimate of drug-likeness (QED) is 0.467. The molecule has 0 bridgehead atoms. The third kappa shape index (κ3) is 7.82. The first kappa shape index (κ1) is 22.4. The Hall–Kier alpha value is -1.26. The lowest BCUT2D eigenvalue weighted by Crippen LogP contribution is -2.35. The first-order valence-electron chi connectivity index (χ1n) is 11.5. The standard InChI is InChI=1S/C24H37ClN2O2/c1-26(24(28)29-23-14-12-22(25)13-15-23)19-21-10-8-20(9-11-21)7-3-6-18-27-16-4-2-5-17-27/h12-15,20-21H,2-11,16-19H2,1H3. The fraction of sp³-hybridized carbons (Fsp3) is 0.708. The Morgan fingerprint density at radius 2 is 1.69 bits per heavy atom. The van der Waals surface area contributed by atoms with Crippen LogP contribution in [-0.2, 0) is 0 Å². The zero-order valence-corrected chi connectivity index (χ0v) is 18.7. The average molecular weight is 421 g/mol. The maximum absolute atomic E-state index is 12.3. The second kappa shape index (κ2) is 11.8. The van der Waals surface area contributed by atoms with Gasteiger partial charge in [0.25, 0.3) is 0 Å². The molecule has 1 aliphatic carbocycles. The maximum Gasteiger partial charge on any atom is 0.414 e. The molecule has 3 rings (SSSR count). The van der Waals surface area contributed by atoms with Crippen LogP contribution in [0.2, 0.25) is 5.02 Å². The van der Waals surface area contributed by atoms with Crippen molar-refractivity contribution >= 4 is 17.7 Å². The smallest absolute Gasteiger partial charge is 0.410 e. The second-order valence-electron chi connectivity index (χ2n) is 8.99. The summed E-state index contributed by atoms with van der Waals surface area (Å²) in [5.41, 5.74) is 0. The van der Waals surface area contributed by atoms with Gasteiger partial charge in [-0.3, -0.25) is 0 Å². The molecular weight excluding hydrogens is 384 g/mol. The van der Waals surface area contributed by atoms with Crippen molar-refractivity contribution in [2.75, 3.05) is 33.2 Å². The molecule has 0 unspecified atom stereocenters. The van der Waals surface area contributed by atoms with E-state index in [2.05, 4.69) is 4.90 Å². The maximum atomic E-state index is 12.3. The third-order valence-corrected chi connectivity index (χ3v) is 6.87. The van der Waals surface area contributed by atoms with Gasteiger partial charge in [-0.1, -0.05) is 43.7 Å². The monoisotopic (exact) mass is 420 g/mol. The molecule has 1 aliphatic heterocycles. The van der Waals surface area contributed by atoms with Crippen molar-refractivity contribution in [2.45, 2.75) is 64.2 Å². The number of hydrogen-bond acceptors (Lipinski definition) is 3. The molecule has 1 saturated heterocycles. The lowest BCUT2D eigenvalue weighted by molar-refractivity contribution is 0.144. The Balaban J connectivity index is 1.27. The molecule has 1 aromatic carbocycles. The van der Waals surface area contributed by atoms with E-state index in [1.54, 1.807) is 29.2 Å². The van der Waals surface area contributed by atoms with Gasteiger partial charge in [0.1, 0.15) is 5.75 Å². The fourth-order valence-electron chi connectivity index (χ4n) is 4.80. The highest BCUT2D eigenvalue weighted by Gasteiger charge is 2.24. The number of hydrogen-bond donors (Lipinski definition) is 0. The highest BCUT2D eigenvalue weighted by Crippen LogP contribution is 2.32. The van der Waals surface area contributed by atoms with Gasteiger partial charge in [0.2, 0.25) is 0 Å². The number of rotatable bonds is 8. The number of halogens is 1. The van der Waals surface area contributed by atoms with Gasteiger partial charge in [0.05, 0.1) is 0 Å². The summed E-state index contributed by atoms with van der Waals surface area (Å²) in [5, 5.41) is 0.640. The van der Waals surface area contributed by atoms with Crippen molar-refractivity contribution in [3.05, 3.63) is 29.3 Å². The van der Waals surface area contributed by atoms with Crippen molar-refractivity contribution in [2.24, 2.45) is 11.8 Å². The van der Waals surface area contributed by atoms with Crippen LogP contribution in [0, 0.1) is 11.8 Å². The van der Waals surface area contributed by atoms with Crippen molar-refractivity contribution in [3.63, 3.8) is 0 Å². The Labute approximate surface area is 181 Å². The Bertz CT molecular complexity index is 608. The molecule has 1 heterocycles. The molecule has 1 amide bonds. The number of piperidine rings is 1. The molecule has 0 aromatic heterocycles. The van der Waals surface area contributed by atoms with E-state index in [1.807, 2.05) is 7.05 Å². The van der Waals surface area contributed by atoms with Gasteiger partial charge < -0.3 is 14.5 Å². The molecule has 1 saturated carbocycles. The highest BCUT2D eigenvalue weighted by molar-refractivity contribution is 6.30. The van der Waals surface area contributed by atoms with E-state index >= 15 is 0 Å². The van der Waals surface area contributed by atoms with Crippen LogP contribution in [0.4, 0.5) is 4.79 Å². The largest absolute Gasteiger partial charge is 0.414 e. The zero-order chi connectivity index (χ0) is 20.5. The van der Waals surface area contributed by atoms with E-state index in [0.29, 0.717) is 16.7 Å². The minimum Gasteiger partial charge on any atom is -0.410 e. The fourth-order valence-corrected chi connectivity index (χ4v) is 4.92. The molecule has 0 N–H and O–H groups in total. The number of carbonyl (C=O) groups excluding carboxylic acids is 1. The van der Waals surface area contributed by atoms with E-state index in [1.165, 1.54) is 83.8 Å². The topological polar surface area (TPSA) is 32.8 Å². The van der Waals surface area contributed by atoms with Gasteiger partial charge in [-0.15, -0.1) is 0 Å². The summed E-state index contributed by atoms with van der Waals surface area (Å²) in [6.45, 7) is 4.72. The number of unbranched alkanes of at least 4 members (excludes halogenated alkanes) is 1. The van der Waals surface area contributed by atoms with Crippen LogP contribution in [-0.4, -0.2) is 49.1 Å². The van der Waals surface area contributed by atoms with Gasteiger partial charge in [-0.25, -0.2) is 4.79 Å². The van der Waals surface area contributed by atoms with Crippen LogP contribution >= 0.6 is 11.6 Å². The molecule has 29 heavy (non-hydrogen) atoms. The molecule has 1 aromatic rings. The van der Waals surface area contributed by atoms with Crippen molar-refractivity contribution in [1.82, 2.24) is 9.80 Å². The predicted molar refractivity (Wildman–Crippen MR) is 120 cm³/mol. The van der Waals surface area contributed by atoms with Crippen LogP contribution in [0.1, 0.15) is 64.2 Å². The summed E-state index contributed by atoms with van der Waals surface area (Å²) >= 11 is 5.87. The normalized spacial score (nSPS) is 23.0. The van der Waals surface area contributed by atoms with Crippen LogP contribution in [0.5, 0.6) is 5.75 Å². The molecule has 2 fully saturated rings. The van der Waals surface area contributed by atoms with E-state index in [4.69, 9.17) is 16.3 Å². The minimum atomic E-state index is -0.285. The first-order valence-corrected chi connectivity index (χ1v) is 11.9. The van der Waals surface area contributed by atoms with Gasteiger partial charge in [-0.2, -0.15) is 0 Å². The number of carbonyl (C=O) groups is 1. The Morgan fingerprint density at radius 1 is 1.03 bits per heavy atom. The van der Waals surface area contributed by atoms with E-state index in [9.17, 15) is 4.79 Å².